The zero-order valence-corrected chi connectivity index (χ0v) is 33.5. The first kappa shape index (κ1) is 41.2. The highest BCUT2D eigenvalue weighted by Crippen LogP contribution is 2.68. The van der Waals surface area contributed by atoms with Gasteiger partial charge in [-0.15, -0.1) is 0 Å². The summed E-state index contributed by atoms with van der Waals surface area (Å²) in [5.41, 5.74) is -4.98. The van der Waals surface area contributed by atoms with Crippen molar-refractivity contribution in [3.05, 3.63) is 28.8 Å². The molecule has 6 heterocycles. The molecular formula is C40H50O19. The number of aromatic hydroxyl groups is 1. The second kappa shape index (κ2) is 13.7. The Morgan fingerprint density at radius 3 is 2.32 bits per heavy atom. The first-order valence-electron chi connectivity index (χ1n) is 19.6. The summed E-state index contributed by atoms with van der Waals surface area (Å²) in [6.07, 6.45) is -14.1. The molecule has 0 aromatic heterocycles. The van der Waals surface area contributed by atoms with Gasteiger partial charge in [0.05, 0.1) is 54.7 Å². The number of fused-ring (bicyclic) bond motifs is 7. The van der Waals surface area contributed by atoms with Gasteiger partial charge in [0.25, 0.3) is 5.79 Å². The molecule has 0 radical (unpaired) electrons. The third-order valence-corrected chi connectivity index (χ3v) is 13.4. The van der Waals surface area contributed by atoms with Crippen molar-refractivity contribution in [1.82, 2.24) is 0 Å². The van der Waals surface area contributed by atoms with E-state index in [-0.39, 0.29) is 65.7 Å². The number of benzene rings is 2. The van der Waals surface area contributed by atoms with Crippen LogP contribution >= 0.6 is 0 Å². The number of phenolic OH excluding ortho intramolecular Hbond substituents is 1. The Kier molecular flexibility index (Phi) is 9.57. The highest BCUT2D eigenvalue weighted by Gasteiger charge is 2.83. The van der Waals surface area contributed by atoms with E-state index >= 15 is 0 Å². The Labute approximate surface area is 337 Å². The fourth-order valence-electron chi connectivity index (χ4n) is 10.3. The molecule has 1 spiro atoms. The molecule has 19 nitrogen and oxygen atoms in total. The fraction of sp³-hybridized carbons (Fsp3) is 0.700. The van der Waals surface area contributed by atoms with Crippen molar-refractivity contribution >= 4 is 22.3 Å². The summed E-state index contributed by atoms with van der Waals surface area (Å²) >= 11 is 0. The second-order valence-electron chi connectivity index (χ2n) is 17.0. The number of ketones is 2. The Balaban J connectivity index is 1.20. The lowest BCUT2D eigenvalue weighted by molar-refractivity contribution is -0.407. The highest BCUT2D eigenvalue weighted by atomic mass is 16.9. The van der Waals surface area contributed by atoms with E-state index in [1.807, 2.05) is 0 Å². The molecule has 9 rings (SSSR count). The Morgan fingerprint density at radius 2 is 1.71 bits per heavy atom. The summed E-state index contributed by atoms with van der Waals surface area (Å²) in [5, 5.41) is 67.5. The minimum atomic E-state index is -2.22. The predicted molar refractivity (Wildman–Crippen MR) is 194 cm³/mol. The maximum atomic E-state index is 14.0. The van der Waals surface area contributed by atoms with E-state index < -0.39 is 113 Å². The van der Waals surface area contributed by atoms with Crippen LogP contribution in [0.1, 0.15) is 87.1 Å². The van der Waals surface area contributed by atoms with E-state index in [2.05, 4.69) is 0 Å². The van der Waals surface area contributed by atoms with E-state index in [4.69, 9.17) is 52.1 Å². The minimum Gasteiger partial charge on any atom is -0.506 e. The molecule has 5 saturated heterocycles. The second-order valence-corrected chi connectivity index (χ2v) is 17.0. The molecule has 1 aliphatic carbocycles. The Hall–Kier alpha value is -3.12. The number of carbonyl (C=O) groups excluding carboxylic acids is 2. The van der Waals surface area contributed by atoms with Crippen molar-refractivity contribution in [2.75, 3.05) is 27.9 Å². The maximum absolute atomic E-state index is 14.0. The summed E-state index contributed by atoms with van der Waals surface area (Å²) in [7, 11) is 4.22. The van der Waals surface area contributed by atoms with Crippen LogP contribution in [0.2, 0.25) is 0 Å². The molecule has 7 aliphatic rings. The summed E-state index contributed by atoms with van der Waals surface area (Å²) in [6.45, 7) is 5.66. The molecule has 59 heavy (non-hydrogen) atoms. The molecule has 2 bridgehead atoms. The average molecular weight is 835 g/mol. The van der Waals surface area contributed by atoms with Gasteiger partial charge >= 0.3 is 0 Å². The van der Waals surface area contributed by atoms with Crippen LogP contribution in [-0.4, -0.2) is 154 Å². The van der Waals surface area contributed by atoms with Gasteiger partial charge in [0, 0.05) is 56.4 Å². The normalized spacial score (nSPS) is 44.7. The number of carbonyl (C=O) groups is 2. The number of methoxy groups -OCH3 is 3. The van der Waals surface area contributed by atoms with Gasteiger partial charge in [-0.05, 0) is 33.8 Å². The van der Waals surface area contributed by atoms with Gasteiger partial charge < -0.3 is 82.7 Å². The number of rotatable bonds is 9. The van der Waals surface area contributed by atoms with Crippen LogP contribution in [0.4, 0.5) is 0 Å². The van der Waals surface area contributed by atoms with Crippen LogP contribution in [0.25, 0.3) is 10.8 Å². The zero-order valence-electron chi connectivity index (χ0n) is 33.5. The van der Waals surface area contributed by atoms with Gasteiger partial charge in [0.2, 0.25) is 12.1 Å². The SMILES string of the molecule is COc1c2c(c(O)c3c4c(ccc13)C1OC3(C(OC)OC)CC5(CO5)C(O[C@H]5C[C@@H](O)[C@@](O)(C(C)=O)[C@H](C)O5)(O4)C1O3)C(=O)C(O)CC2O[C@H]1C[C@@](C)(O)[C@H](O)[C@H](C)O1. The van der Waals surface area contributed by atoms with Gasteiger partial charge in [-0.3, -0.25) is 9.59 Å². The van der Waals surface area contributed by atoms with E-state index in [9.17, 15) is 40.2 Å². The van der Waals surface area contributed by atoms with E-state index in [0.29, 0.717) is 5.56 Å². The third kappa shape index (κ3) is 5.64. The van der Waals surface area contributed by atoms with Gasteiger partial charge in [-0.1, -0.05) is 6.07 Å². The smallest absolute Gasteiger partial charge is 0.274 e. The van der Waals surface area contributed by atoms with Gasteiger partial charge in [-0.2, -0.15) is 0 Å². The summed E-state index contributed by atoms with van der Waals surface area (Å²) in [6, 6.07) is 3.33. The van der Waals surface area contributed by atoms with Crippen LogP contribution in [0.5, 0.6) is 17.2 Å². The molecule has 2 aromatic carbocycles. The molecule has 15 atom stereocenters. The van der Waals surface area contributed by atoms with E-state index in [1.54, 1.807) is 19.1 Å². The predicted octanol–water partition coefficient (Wildman–Crippen LogP) is 0.671. The summed E-state index contributed by atoms with van der Waals surface area (Å²) < 4.78 is 69.0. The summed E-state index contributed by atoms with van der Waals surface area (Å²) in [4.78, 5) is 26.5. The van der Waals surface area contributed by atoms with Crippen LogP contribution in [-0.2, 0) is 47.4 Å². The Bertz CT molecular complexity index is 2050. The number of hydrogen-bond acceptors (Lipinski definition) is 19. The van der Waals surface area contributed by atoms with Crippen LogP contribution in [0, 0.1) is 0 Å². The van der Waals surface area contributed by atoms with Crippen LogP contribution < -0.4 is 9.47 Å². The Morgan fingerprint density at radius 1 is 1.00 bits per heavy atom. The van der Waals surface area contributed by atoms with E-state index in [1.165, 1.54) is 35.2 Å². The number of epoxide rings is 1. The molecule has 0 amide bonds. The number of aliphatic hydroxyl groups excluding tert-OH is 3. The van der Waals surface area contributed by atoms with Crippen molar-refractivity contribution in [3.8, 4) is 17.2 Å². The highest BCUT2D eigenvalue weighted by molar-refractivity contribution is 6.13. The van der Waals surface area contributed by atoms with Crippen LogP contribution in [0.3, 0.4) is 0 Å². The number of ether oxygens (including phenoxy) is 11. The van der Waals surface area contributed by atoms with E-state index in [0.717, 1.165) is 6.92 Å². The molecule has 19 heteroatoms. The maximum Gasteiger partial charge on any atom is 0.274 e. The van der Waals surface area contributed by atoms with Gasteiger partial charge in [0.15, 0.2) is 41.5 Å². The molecule has 2 aromatic rings. The monoisotopic (exact) mass is 834 g/mol. The molecule has 324 valence electrons. The lowest BCUT2D eigenvalue weighted by Crippen LogP contribution is -2.71. The largest absolute Gasteiger partial charge is 0.506 e. The fourth-order valence-corrected chi connectivity index (χ4v) is 10.3. The van der Waals surface area contributed by atoms with Crippen molar-refractivity contribution in [2.24, 2.45) is 0 Å². The molecule has 6 aliphatic heterocycles. The van der Waals surface area contributed by atoms with Crippen molar-refractivity contribution in [2.45, 2.75) is 149 Å². The molecule has 0 saturated carbocycles. The molecule has 7 unspecified atom stereocenters. The minimum absolute atomic E-state index is 0.0166. The number of aliphatic hydroxyl groups is 5. The number of Topliss-reactive ketones (excluding diaryl/α,β-unsaturated/α-hetero) is 2. The topological polar surface area (TPSA) is 260 Å². The van der Waals surface area contributed by atoms with Gasteiger partial charge in [0.1, 0.15) is 35.6 Å². The number of phenols is 1. The molecule has 6 N–H and O–H groups in total. The lowest BCUT2D eigenvalue weighted by Gasteiger charge is -2.53. The van der Waals surface area contributed by atoms with Crippen molar-refractivity contribution in [1.29, 1.82) is 0 Å². The first-order chi connectivity index (χ1) is 27.8. The zero-order chi connectivity index (χ0) is 42.4. The van der Waals surface area contributed by atoms with Crippen molar-refractivity contribution in [3.63, 3.8) is 0 Å². The standard InChI is InChI=1S/C40H50O19/c1-15-33(46)36(4,47)12-24(53-15)55-21-10-20(42)28(44)27-26(21)30(49-5)18-8-9-19-31(25(18)29(27)45)58-40(56-23-11-22(43)39(48,16(2)41)17(3)54-23)34-32(19)57-38(59-34,35(50-6)51-7)13-37(40)14-52-37/h8-9,15,17,20-24,32-35,42-43,45-48H,10-14H2,1-7H3/t15-,17-,20?,21?,22+,23-,24-,32?,33+,34?,36+,37?,38?,39+,40?/m0/s1. The van der Waals surface area contributed by atoms with Gasteiger partial charge in [-0.25, -0.2) is 0 Å². The molecule has 5 fully saturated rings. The quantitative estimate of drug-likeness (QED) is 0.150. The van der Waals surface area contributed by atoms with Crippen LogP contribution in [0.15, 0.2) is 12.1 Å². The van der Waals surface area contributed by atoms with Crippen molar-refractivity contribution < 1.29 is 92.3 Å². The first-order valence-corrected chi connectivity index (χ1v) is 19.6. The average Bonchev–Trinajstić information content (AvgIpc) is 3.85. The lowest BCUT2D eigenvalue weighted by atomic mass is 9.78. The summed E-state index contributed by atoms with van der Waals surface area (Å²) in [5.74, 6) is -5.56. The molecular weight excluding hydrogens is 784 g/mol. The number of hydrogen-bond donors (Lipinski definition) is 6. The third-order valence-electron chi connectivity index (χ3n) is 13.4.